The summed E-state index contributed by atoms with van der Waals surface area (Å²) < 4.78 is 10.7. The molecule has 0 unspecified atom stereocenters. The number of amides is 1. The molecule has 0 aliphatic rings. The number of anilines is 2. The third-order valence-corrected chi connectivity index (χ3v) is 6.04. The number of halogens is 1. The minimum atomic E-state index is -0.349. The molecule has 0 spiro atoms. The Morgan fingerprint density at radius 1 is 1.17 bits per heavy atom. The molecule has 2 aromatic carbocycles. The number of benzene rings is 2. The molecule has 0 aliphatic carbocycles. The fraction of sp³-hybridized carbons (Fsp3) is 0.190. The number of thiazole rings is 1. The number of methoxy groups -OCH3 is 1. The van der Waals surface area contributed by atoms with Crippen molar-refractivity contribution in [1.29, 1.82) is 0 Å². The van der Waals surface area contributed by atoms with Gasteiger partial charge in [-0.1, -0.05) is 23.7 Å². The standard InChI is InChI=1S/C21H19ClN2O4S2/c1-14(25)24(18-5-3-4-6-19(18)27-2)21-23-16(12-30-21)11-28-20(26)13-29-17-9-7-15(22)8-10-17/h3-10,12H,11,13H2,1-2H3. The Balaban J connectivity index is 1.61. The molecule has 0 bridgehead atoms. The minimum Gasteiger partial charge on any atom is -0.495 e. The number of carbonyl (C=O) groups excluding carboxylic acids is 2. The molecule has 0 N–H and O–H groups in total. The molecule has 0 fully saturated rings. The van der Waals surface area contributed by atoms with Gasteiger partial charge in [0.05, 0.1) is 24.2 Å². The predicted octanol–water partition coefficient (Wildman–Crippen LogP) is 5.33. The molecule has 156 valence electrons. The van der Waals surface area contributed by atoms with Crippen LogP contribution < -0.4 is 9.64 Å². The fourth-order valence-electron chi connectivity index (χ4n) is 2.56. The number of rotatable bonds is 8. The summed E-state index contributed by atoms with van der Waals surface area (Å²) in [5, 5.41) is 2.89. The van der Waals surface area contributed by atoms with Crippen molar-refractivity contribution in [1.82, 2.24) is 4.98 Å². The molecule has 1 amide bonds. The van der Waals surface area contributed by atoms with Crippen molar-refractivity contribution in [3.63, 3.8) is 0 Å². The van der Waals surface area contributed by atoms with Crippen molar-refractivity contribution >= 4 is 57.4 Å². The van der Waals surface area contributed by atoms with E-state index in [-0.39, 0.29) is 24.2 Å². The van der Waals surface area contributed by atoms with Gasteiger partial charge in [-0.25, -0.2) is 4.98 Å². The summed E-state index contributed by atoms with van der Waals surface area (Å²) in [5.41, 5.74) is 1.17. The van der Waals surface area contributed by atoms with Crippen LogP contribution in [0.3, 0.4) is 0 Å². The Hall–Kier alpha value is -2.55. The maximum absolute atomic E-state index is 12.3. The molecule has 1 aromatic heterocycles. The van der Waals surface area contributed by atoms with E-state index in [4.69, 9.17) is 21.1 Å². The molecule has 3 rings (SSSR count). The van der Waals surface area contributed by atoms with Crippen molar-refractivity contribution in [2.75, 3.05) is 17.8 Å². The van der Waals surface area contributed by atoms with E-state index in [0.717, 1.165) is 4.90 Å². The zero-order valence-electron chi connectivity index (χ0n) is 16.3. The SMILES string of the molecule is COc1ccccc1N(C(C)=O)c1nc(COC(=O)CSc2ccc(Cl)cc2)cs1. The molecule has 0 atom stereocenters. The molecule has 0 radical (unpaired) electrons. The number of para-hydroxylation sites is 2. The highest BCUT2D eigenvalue weighted by molar-refractivity contribution is 8.00. The van der Waals surface area contributed by atoms with Crippen LogP contribution in [0.4, 0.5) is 10.8 Å². The molecule has 3 aromatic rings. The van der Waals surface area contributed by atoms with E-state index in [1.807, 2.05) is 24.3 Å². The van der Waals surface area contributed by atoms with Crippen molar-refractivity contribution in [3.05, 3.63) is 64.6 Å². The van der Waals surface area contributed by atoms with Gasteiger partial charge in [0.1, 0.15) is 12.4 Å². The van der Waals surface area contributed by atoms with Gasteiger partial charge in [0.15, 0.2) is 5.13 Å². The van der Waals surface area contributed by atoms with Crippen LogP contribution in [0.2, 0.25) is 5.02 Å². The smallest absolute Gasteiger partial charge is 0.316 e. The van der Waals surface area contributed by atoms with Gasteiger partial charge in [-0.05, 0) is 36.4 Å². The molecule has 0 saturated carbocycles. The monoisotopic (exact) mass is 462 g/mol. The highest BCUT2D eigenvalue weighted by atomic mass is 35.5. The third-order valence-electron chi connectivity index (χ3n) is 3.92. The van der Waals surface area contributed by atoms with E-state index in [9.17, 15) is 9.59 Å². The van der Waals surface area contributed by atoms with Crippen LogP contribution in [0, 0.1) is 0 Å². The summed E-state index contributed by atoms with van der Waals surface area (Å²) in [5.74, 6) is 0.198. The Bertz CT molecular complexity index is 1020. The summed E-state index contributed by atoms with van der Waals surface area (Å²) in [7, 11) is 1.55. The quantitative estimate of drug-likeness (QED) is 0.333. The summed E-state index contributed by atoms with van der Waals surface area (Å²) >= 11 is 8.52. The van der Waals surface area contributed by atoms with Gasteiger partial charge in [0, 0.05) is 22.2 Å². The maximum atomic E-state index is 12.3. The average Bonchev–Trinajstić information content (AvgIpc) is 3.20. The average molecular weight is 463 g/mol. The Morgan fingerprint density at radius 2 is 1.90 bits per heavy atom. The van der Waals surface area contributed by atoms with Crippen molar-refractivity contribution < 1.29 is 19.1 Å². The third kappa shape index (κ3) is 5.75. The number of aromatic nitrogens is 1. The number of esters is 1. The molecule has 6 nitrogen and oxygen atoms in total. The number of thioether (sulfide) groups is 1. The van der Waals surface area contributed by atoms with Crippen LogP contribution in [-0.2, 0) is 20.9 Å². The zero-order valence-corrected chi connectivity index (χ0v) is 18.7. The van der Waals surface area contributed by atoms with Gasteiger partial charge in [-0.2, -0.15) is 0 Å². The summed E-state index contributed by atoms with van der Waals surface area (Å²) in [4.78, 5) is 31.2. The summed E-state index contributed by atoms with van der Waals surface area (Å²) in [6.45, 7) is 1.50. The lowest BCUT2D eigenvalue weighted by Gasteiger charge is -2.20. The lowest BCUT2D eigenvalue weighted by molar-refractivity contribution is -0.141. The van der Waals surface area contributed by atoms with Crippen LogP contribution in [0.5, 0.6) is 5.75 Å². The maximum Gasteiger partial charge on any atom is 0.316 e. The van der Waals surface area contributed by atoms with Gasteiger partial charge < -0.3 is 9.47 Å². The lowest BCUT2D eigenvalue weighted by Crippen LogP contribution is -2.23. The van der Waals surface area contributed by atoms with Crippen molar-refractivity contribution in [3.8, 4) is 5.75 Å². The second kappa shape index (κ2) is 10.5. The number of ether oxygens (including phenoxy) is 2. The van der Waals surface area contributed by atoms with E-state index < -0.39 is 0 Å². The topological polar surface area (TPSA) is 68.7 Å². The minimum absolute atomic E-state index is 0.0359. The van der Waals surface area contributed by atoms with Crippen molar-refractivity contribution in [2.24, 2.45) is 0 Å². The van der Waals surface area contributed by atoms with Gasteiger partial charge in [-0.3, -0.25) is 14.5 Å². The summed E-state index contributed by atoms with van der Waals surface area (Å²) in [6.07, 6.45) is 0. The van der Waals surface area contributed by atoms with E-state index in [1.54, 1.807) is 36.8 Å². The first kappa shape index (κ1) is 22.1. The van der Waals surface area contributed by atoms with Crippen LogP contribution in [-0.4, -0.2) is 29.7 Å². The highest BCUT2D eigenvalue weighted by Crippen LogP contribution is 2.35. The molecule has 1 heterocycles. The number of hydrogen-bond donors (Lipinski definition) is 0. The fourth-order valence-corrected chi connectivity index (χ4v) is 4.24. The van der Waals surface area contributed by atoms with E-state index in [0.29, 0.717) is 27.3 Å². The molecule has 0 aliphatic heterocycles. The summed E-state index contributed by atoms with van der Waals surface area (Å²) in [6, 6.07) is 14.5. The van der Waals surface area contributed by atoms with E-state index >= 15 is 0 Å². The zero-order chi connectivity index (χ0) is 21.5. The highest BCUT2D eigenvalue weighted by Gasteiger charge is 2.21. The van der Waals surface area contributed by atoms with Crippen molar-refractivity contribution in [2.45, 2.75) is 18.4 Å². The van der Waals surface area contributed by atoms with Gasteiger partial charge in [0.2, 0.25) is 5.91 Å². The van der Waals surface area contributed by atoms with E-state index in [1.165, 1.54) is 34.9 Å². The van der Waals surface area contributed by atoms with Crippen LogP contribution in [0.15, 0.2) is 58.8 Å². The molecular formula is C21H19ClN2O4S2. The Morgan fingerprint density at radius 3 is 2.60 bits per heavy atom. The molecule has 9 heteroatoms. The molecule has 0 saturated heterocycles. The van der Waals surface area contributed by atoms with Crippen LogP contribution >= 0.6 is 34.7 Å². The Kier molecular flexibility index (Phi) is 7.73. The second-order valence-corrected chi connectivity index (χ2v) is 8.37. The Labute approximate surface area is 187 Å². The number of hydrogen-bond acceptors (Lipinski definition) is 7. The second-order valence-electron chi connectivity index (χ2n) is 6.05. The van der Waals surface area contributed by atoms with Crippen LogP contribution in [0.25, 0.3) is 0 Å². The first-order valence-electron chi connectivity index (χ1n) is 8.90. The lowest BCUT2D eigenvalue weighted by atomic mass is 10.2. The van der Waals surface area contributed by atoms with Crippen LogP contribution in [0.1, 0.15) is 12.6 Å². The predicted molar refractivity (Wildman–Crippen MR) is 120 cm³/mol. The number of nitrogens with zero attached hydrogens (tertiary/aromatic N) is 2. The first-order valence-corrected chi connectivity index (χ1v) is 11.1. The largest absolute Gasteiger partial charge is 0.495 e. The van der Waals surface area contributed by atoms with Gasteiger partial charge in [-0.15, -0.1) is 23.1 Å². The number of carbonyl (C=O) groups is 2. The van der Waals surface area contributed by atoms with E-state index in [2.05, 4.69) is 4.98 Å². The molecular weight excluding hydrogens is 444 g/mol. The van der Waals surface area contributed by atoms with Gasteiger partial charge >= 0.3 is 5.97 Å². The molecule has 30 heavy (non-hydrogen) atoms. The normalized spacial score (nSPS) is 10.5. The first-order chi connectivity index (χ1) is 14.5. The van der Waals surface area contributed by atoms with Gasteiger partial charge in [0.25, 0.3) is 0 Å².